The number of fused-ring (bicyclic) bond motifs is 1. The maximum Gasteiger partial charge on any atom is 0.263 e. The zero-order valence-corrected chi connectivity index (χ0v) is 13.0. The van der Waals surface area contributed by atoms with Crippen molar-refractivity contribution in [3.05, 3.63) is 28.6 Å². The van der Waals surface area contributed by atoms with E-state index in [9.17, 15) is 4.79 Å². The molecule has 1 aromatic heterocycles. The SMILES string of the molecule is Cc1ccc2sc(C(=O)NCC3CCCCO3)c(N)c2c1. The molecule has 3 N–H and O–H groups in total. The van der Waals surface area contributed by atoms with E-state index in [1.807, 2.05) is 25.1 Å². The number of hydrogen-bond acceptors (Lipinski definition) is 4. The molecule has 1 aliphatic heterocycles. The van der Waals surface area contributed by atoms with Crippen LogP contribution in [0.4, 0.5) is 5.69 Å². The second kappa shape index (κ2) is 6.03. The predicted octanol–water partition coefficient (Wildman–Crippen LogP) is 3.09. The number of hydrogen-bond donors (Lipinski definition) is 2. The maximum atomic E-state index is 12.3. The molecule has 0 radical (unpaired) electrons. The van der Waals surface area contributed by atoms with E-state index in [1.54, 1.807) is 0 Å². The molecule has 4 nitrogen and oxygen atoms in total. The number of ether oxygens (including phenoxy) is 1. The molecule has 0 aliphatic carbocycles. The van der Waals surface area contributed by atoms with Crippen molar-refractivity contribution in [2.45, 2.75) is 32.3 Å². The lowest BCUT2D eigenvalue weighted by atomic mass is 10.1. The van der Waals surface area contributed by atoms with Gasteiger partial charge in [-0.2, -0.15) is 0 Å². The van der Waals surface area contributed by atoms with Gasteiger partial charge in [-0.25, -0.2) is 0 Å². The Labute approximate surface area is 128 Å². The quantitative estimate of drug-likeness (QED) is 0.916. The van der Waals surface area contributed by atoms with Crippen LogP contribution in [0.5, 0.6) is 0 Å². The van der Waals surface area contributed by atoms with Crippen LogP contribution in [0.3, 0.4) is 0 Å². The van der Waals surface area contributed by atoms with Crippen LogP contribution in [0.15, 0.2) is 18.2 Å². The third kappa shape index (κ3) is 3.04. The van der Waals surface area contributed by atoms with E-state index in [-0.39, 0.29) is 12.0 Å². The van der Waals surface area contributed by atoms with Crippen molar-refractivity contribution in [1.82, 2.24) is 5.32 Å². The average molecular weight is 304 g/mol. The number of thiophene rings is 1. The van der Waals surface area contributed by atoms with Crippen molar-refractivity contribution in [2.75, 3.05) is 18.9 Å². The van der Waals surface area contributed by atoms with Gasteiger partial charge in [0.2, 0.25) is 0 Å². The fraction of sp³-hybridized carbons (Fsp3) is 0.438. The van der Waals surface area contributed by atoms with Gasteiger partial charge in [0.1, 0.15) is 4.88 Å². The molecule has 1 atom stereocenters. The van der Waals surface area contributed by atoms with Gasteiger partial charge >= 0.3 is 0 Å². The summed E-state index contributed by atoms with van der Waals surface area (Å²) in [5, 5.41) is 3.92. The summed E-state index contributed by atoms with van der Waals surface area (Å²) in [7, 11) is 0. The summed E-state index contributed by atoms with van der Waals surface area (Å²) in [6.07, 6.45) is 3.44. The van der Waals surface area contributed by atoms with E-state index in [4.69, 9.17) is 10.5 Å². The first-order valence-electron chi connectivity index (χ1n) is 7.33. The highest BCUT2D eigenvalue weighted by molar-refractivity contribution is 7.21. The van der Waals surface area contributed by atoms with Crippen LogP contribution in [0.25, 0.3) is 10.1 Å². The van der Waals surface area contributed by atoms with E-state index in [0.717, 1.165) is 35.1 Å². The van der Waals surface area contributed by atoms with Crippen LogP contribution >= 0.6 is 11.3 Å². The molecule has 2 heterocycles. The highest BCUT2D eigenvalue weighted by Crippen LogP contribution is 2.34. The Balaban J connectivity index is 1.73. The lowest BCUT2D eigenvalue weighted by molar-refractivity contribution is 0.0169. The van der Waals surface area contributed by atoms with Gasteiger partial charge in [0.15, 0.2) is 0 Å². The molecule has 3 rings (SSSR count). The predicted molar refractivity (Wildman–Crippen MR) is 86.9 cm³/mol. The minimum absolute atomic E-state index is 0.0967. The molecular weight excluding hydrogens is 284 g/mol. The number of nitrogen functional groups attached to an aromatic ring is 1. The fourth-order valence-electron chi connectivity index (χ4n) is 2.65. The molecule has 1 unspecified atom stereocenters. The minimum Gasteiger partial charge on any atom is -0.397 e. The minimum atomic E-state index is -0.0967. The summed E-state index contributed by atoms with van der Waals surface area (Å²) in [4.78, 5) is 12.9. The molecule has 0 saturated carbocycles. The Morgan fingerprint density at radius 2 is 2.33 bits per heavy atom. The number of anilines is 1. The lowest BCUT2D eigenvalue weighted by Gasteiger charge is -2.22. The molecular formula is C16H20N2O2S. The van der Waals surface area contributed by atoms with E-state index < -0.39 is 0 Å². The average Bonchev–Trinajstić information content (AvgIpc) is 2.83. The molecule has 1 aromatic carbocycles. The summed E-state index contributed by atoms with van der Waals surface area (Å²) in [5.41, 5.74) is 7.87. The van der Waals surface area contributed by atoms with Gasteiger partial charge < -0.3 is 15.8 Å². The van der Waals surface area contributed by atoms with Crippen molar-refractivity contribution < 1.29 is 9.53 Å². The molecule has 112 valence electrons. The monoisotopic (exact) mass is 304 g/mol. The molecule has 1 aliphatic rings. The number of carbonyl (C=O) groups excluding carboxylic acids is 1. The van der Waals surface area contributed by atoms with E-state index in [0.29, 0.717) is 17.1 Å². The molecule has 1 amide bonds. The molecule has 21 heavy (non-hydrogen) atoms. The Bertz CT molecular complexity index is 660. The Kier molecular flexibility index (Phi) is 4.12. The number of nitrogens with two attached hydrogens (primary N) is 1. The number of carbonyl (C=O) groups is 1. The second-order valence-electron chi connectivity index (χ2n) is 5.54. The summed E-state index contributed by atoms with van der Waals surface area (Å²) in [6.45, 7) is 3.38. The molecule has 1 saturated heterocycles. The molecule has 0 spiro atoms. The van der Waals surface area contributed by atoms with E-state index >= 15 is 0 Å². The number of benzene rings is 1. The maximum absolute atomic E-state index is 12.3. The highest BCUT2D eigenvalue weighted by Gasteiger charge is 2.19. The summed E-state index contributed by atoms with van der Waals surface area (Å²) < 4.78 is 6.68. The Morgan fingerprint density at radius 3 is 3.10 bits per heavy atom. The van der Waals surface area contributed by atoms with Gasteiger partial charge in [-0.1, -0.05) is 11.6 Å². The van der Waals surface area contributed by atoms with E-state index in [2.05, 4.69) is 5.32 Å². The number of amides is 1. The van der Waals surface area contributed by atoms with Crippen molar-refractivity contribution >= 4 is 33.0 Å². The third-order valence-electron chi connectivity index (χ3n) is 3.85. The van der Waals surface area contributed by atoms with Crippen LogP contribution < -0.4 is 11.1 Å². The smallest absolute Gasteiger partial charge is 0.263 e. The molecule has 1 fully saturated rings. The Morgan fingerprint density at radius 1 is 1.48 bits per heavy atom. The van der Waals surface area contributed by atoms with E-state index in [1.165, 1.54) is 17.8 Å². The van der Waals surface area contributed by atoms with Crippen LogP contribution in [0, 0.1) is 6.92 Å². The zero-order valence-electron chi connectivity index (χ0n) is 12.1. The van der Waals surface area contributed by atoms with Crippen LogP contribution in [0.1, 0.15) is 34.5 Å². The van der Waals surface area contributed by atoms with Gasteiger partial charge in [0.25, 0.3) is 5.91 Å². The number of rotatable bonds is 3. The normalized spacial score (nSPS) is 18.8. The second-order valence-corrected chi connectivity index (χ2v) is 6.60. The standard InChI is InChI=1S/C16H20N2O2S/c1-10-5-6-13-12(8-10)14(17)15(21-13)16(19)18-9-11-4-2-3-7-20-11/h5-6,8,11H,2-4,7,9,17H2,1H3,(H,18,19). The fourth-order valence-corrected chi connectivity index (χ4v) is 3.67. The first kappa shape index (κ1) is 14.4. The molecule has 2 aromatic rings. The summed E-state index contributed by atoms with van der Waals surface area (Å²) >= 11 is 1.45. The van der Waals surface area contributed by atoms with Crippen molar-refractivity contribution in [2.24, 2.45) is 0 Å². The van der Waals surface area contributed by atoms with Gasteiger partial charge in [0.05, 0.1) is 11.8 Å². The topological polar surface area (TPSA) is 64.3 Å². The number of nitrogens with one attached hydrogen (secondary N) is 1. The van der Waals surface area contributed by atoms with Crippen molar-refractivity contribution in [3.8, 4) is 0 Å². The van der Waals surface area contributed by atoms with Crippen LogP contribution in [-0.2, 0) is 4.74 Å². The molecule has 5 heteroatoms. The van der Waals surface area contributed by atoms with Crippen molar-refractivity contribution in [1.29, 1.82) is 0 Å². The zero-order chi connectivity index (χ0) is 14.8. The molecule has 0 bridgehead atoms. The van der Waals surface area contributed by atoms with Crippen LogP contribution in [0.2, 0.25) is 0 Å². The van der Waals surface area contributed by atoms with Gasteiger partial charge in [-0.3, -0.25) is 4.79 Å². The third-order valence-corrected chi connectivity index (χ3v) is 5.04. The first-order valence-corrected chi connectivity index (χ1v) is 8.15. The highest BCUT2D eigenvalue weighted by atomic mass is 32.1. The van der Waals surface area contributed by atoms with Gasteiger partial charge in [-0.05, 0) is 38.3 Å². The Hall–Kier alpha value is -1.59. The van der Waals surface area contributed by atoms with Gasteiger partial charge in [-0.15, -0.1) is 11.3 Å². The first-order chi connectivity index (χ1) is 10.1. The largest absolute Gasteiger partial charge is 0.397 e. The van der Waals surface area contributed by atoms with Crippen molar-refractivity contribution in [3.63, 3.8) is 0 Å². The number of aryl methyl sites for hydroxylation is 1. The van der Waals surface area contributed by atoms with Gasteiger partial charge in [0, 0.05) is 23.2 Å². The summed E-state index contributed by atoms with van der Waals surface area (Å²) in [6, 6.07) is 6.09. The lowest BCUT2D eigenvalue weighted by Crippen LogP contribution is -2.35. The summed E-state index contributed by atoms with van der Waals surface area (Å²) in [5.74, 6) is -0.0967. The van der Waals surface area contributed by atoms with Crippen LogP contribution in [-0.4, -0.2) is 25.2 Å².